The van der Waals surface area contributed by atoms with E-state index >= 15 is 0 Å². The van der Waals surface area contributed by atoms with E-state index in [1.54, 1.807) is 39.0 Å². The van der Waals surface area contributed by atoms with E-state index in [0.717, 1.165) is 10.4 Å². The molecule has 39 heavy (non-hydrogen) atoms. The first-order valence-corrected chi connectivity index (χ1v) is 14.5. The van der Waals surface area contributed by atoms with Gasteiger partial charge in [-0.3, -0.25) is 13.9 Å². The van der Waals surface area contributed by atoms with Gasteiger partial charge in [0.15, 0.2) is 0 Å². The zero-order valence-corrected chi connectivity index (χ0v) is 24.1. The number of benzene rings is 3. The van der Waals surface area contributed by atoms with Gasteiger partial charge in [0.1, 0.15) is 18.4 Å². The third kappa shape index (κ3) is 7.50. The van der Waals surface area contributed by atoms with E-state index in [2.05, 4.69) is 5.32 Å². The Bertz CT molecular complexity index is 1420. The van der Waals surface area contributed by atoms with Crippen molar-refractivity contribution in [3.63, 3.8) is 0 Å². The number of hydrogen-bond acceptors (Lipinski definition) is 4. The van der Waals surface area contributed by atoms with E-state index in [0.29, 0.717) is 10.6 Å². The maximum atomic E-state index is 14.9. The Hall–Kier alpha value is -3.14. The minimum atomic E-state index is -4.36. The number of carbonyl (C=O) groups excluding carboxylic acids is 2. The number of sulfonamides is 1. The number of para-hydroxylation sites is 1. The first-order valence-electron chi connectivity index (χ1n) is 12.3. The van der Waals surface area contributed by atoms with Crippen molar-refractivity contribution in [2.24, 2.45) is 0 Å². The third-order valence-corrected chi connectivity index (χ3v) is 8.26. The van der Waals surface area contributed by atoms with Gasteiger partial charge in [0.25, 0.3) is 10.0 Å². The smallest absolute Gasteiger partial charge is 0.264 e. The first kappa shape index (κ1) is 30.4. The van der Waals surface area contributed by atoms with Crippen molar-refractivity contribution in [2.45, 2.75) is 50.7 Å². The van der Waals surface area contributed by atoms with Crippen LogP contribution in [-0.4, -0.2) is 43.8 Å². The highest BCUT2D eigenvalue weighted by Gasteiger charge is 2.34. The molecule has 0 aromatic heterocycles. The number of carbonyl (C=O) groups is 2. The van der Waals surface area contributed by atoms with Gasteiger partial charge in [-0.1, -0.05) is 66.5 Å². The monoisotopic (exact) mass is 593 g/mol. The molecular weight excluding hydrogens is 564 g/mol. The minimum Gasteiger partial charge on any atom is -0.352 e. The Balaban J connectivity index is 2.09. The molecule has 3 aromatic rings. The Morgan fingerprint density at radius 3 is 2.21 bits per heavy atom. The summed E-state index contributed by atoms with van der Waals surface area (Å²) in [6, 6.07) is 16.3. The number of halogens is 3. The van der Waals surface area contributed by atoms with Crippen LogP contribution in [0.5, 0.6) is 0 Å². The number of rotatable bonds is 11. The molecule has 0 radical (unpaired) electrons. The van der Waals surface area contributed by atoms with Crippen LogP contribution in [0.1, 0.15) is 32.8 Å². The van der Waals surface area contributed by atoms with Crippen LogP contribution >= 0.6 is 23.2 Å². The average molecular weight is 595 g/mol. The SMILES string of the molecule is CC[C@H](C(=O)NC(C)C)N(Cc1ccc(Cl)cc1Cl)C(=O)CN(c1ccccc1F)S(=O)(=O)c1ccccc1. The standard InChI is InChI=1S/C28H30Cl2FN3O4S/c1-4-25(28(36)32-19(2)3)33(17-20-14-15-21(29)16-23(20)30)27(35)18-34(26-13-9-8-12-24(26)31)39(37,38)22-10-6-5-7-11-22/h5-16,19,25H,4,17-18H2,1-3H3,(H,32,36)/t25-/m1/s1. The van der Waals surface area contributed by atoms with E-state index < -0.39 is 40.2 Å². The fourth-order valence-electron chi connectivity index (χ4n) is 4.02. The summed E-state index contributed by atoms with van der Waals surface area (Å²) in [7, 11) is -4.36. The molecule has 0 bridgehead atoms. The van der Waals surface area contributed by atoms with Crippen molar-refractivity contribution in [1.29, 1.82) is 0 Å². The lowest BCUT2D eigenvalue weighted by Crippen LogP contribution is -2.53. The van der Waals surface area contributed by atoms with Crippen LogP contribution in [0, 0.1) is 5.82 Å². The van der Waals surface area contributed by atoms with Gasteiger partial charge >= 0.3 is 0 Å². The first-order chi connectivity index (χ1) is 18.4. The molecule has 0 aliphatic carbocycles. The predicted octanol–water partition coefficient (Wildman–Crippen LogP) is 5.66. The van der Waals surface area contributed by atoms with Crippen molar-refractivity contribution < 1.29 is 22.4 Å². The molecule has 0 unspecified atom stereocenters. The summed E-state index contributed by atoms with van der Waals surface area (Å²) in [5, 5.41) is 3.48. The molecule has 2 amide bonds. The number of nitrogens with zero attached hydrogens (tertiary/aromatic N) is 2. The van der Waals surface area contributed by atoms with E-state index in [-0.39, 0.29) is 34.6 Å². The van der Waals surface area contributed by atoms with Gasteiger partial charge in [-0.25, -0.2) is 12.8 Å². The quantitative estimate of drug-likeness (QED) is 0.311. The Morgan fingerprint density at radius 2 is 1.62 bits per heavy atom. The Labute approximate surface area is 238 Å². The molecule has 7 nitrogen and oxygen atoms in total. The normalized spacial score (nSPS) is 12.2. The molecule has 1 N–H and O–H groups in total. The van der Waals surface area contributed by atoms with Crippen LogP contribution in [0.4, 0.5) is 10.1 Å². The largest absolute Gasteiger partial charge is 0.352 e. The van der Waals surface area contributed by atoms with Crippen LogP contribution in [0.25, 0.3) is 0 Å². The third-order valence-electron chi connectivity index (χ3n) is 5.90. The Morgan fingerprint density at radius 1 is 0.974 bits per heavy atom. The maximum absolute atomic E-state index is 14.9. The van der Waals surface area contributed by atoms with Crippen molar-refractivity contribution >= 4 is 50.7 Å². The molecule has 11 heteroatoms. The topological polar surface area (TPSA) is 86.8 Å². The van der Waals surface area contributed by atoms with E-state index in [1.807, 2.05) is 0 Å². The molecule has 0 aliphatic heterocycles. The van der Waals surface area contributed by atoms with Gasteiger partial charge in [-0.05, 0) is 62.2 Å². The molecule has 0 spiro atoms. The summed E-state index contributed by atoms with van der Waals surface area (Å²) in [5.74, 6) is -1.94. The van der Waals surface area contributed by atoms with Gasteiger partial charge in [-0.2, -0.15) is 0 Å². The fraction of sp³-hybridized carbons (Fsp3) is 0.286. The number of amides is 2. The Kier molecular flexibility index (Phi) is 10.4. The maximum Gasteiger partial charge on any atom is 0.264 e. The van der Waals surface area contributed by atoms with Gasteiger partial charge in [0.05, 0.1) is 10.6 Å². The highest BCUT2D eigenvalue weighted by atomic mass is 35.5. The highest BCUT2D eigenvalue weighted by molar-refractivity contribution is 7.92. The zero-order valence-electron chi connectivity index (χ0n) is 21.8. The van der Waals surface area contributed by atoms with Gasteiger partial charge < -0.3 is 10.2 Å². The van der Waals surface area contributed by atoms with Crippen molar-refractivity contribution in [3.8, 4) is 0 Å². The van der Waals surface area contributed by atoms with Gasteiger partial charge in [-0.15, -0.1) is 0 Å². The van der Waals surface area contributed by atoms with Crippen LogP contribution in [-0.2, 0) is 26.2 Å². The van der Waals surface area contributed by atoms with E-state index in [4.69, 9.17) is 23.2 Å². The fourth-order valence-corrected chi connectivity index (χ4v) is 5.93. The van der Waals surface area contributed by atoms with Crippen LogP contribution in [0.15, 0.2) is 77.7 Å². The summed E-state index contributed by atoms with van der Waals surface area (Å²) < 4.78 is 43.0. The number of hydrogen-bond donors (Lipinski definition) is 1. The van der Waals surface area contributed by atoms with Crippen molar-refractivity contribution in [2.75, 3.05) is 10.8 Å². The van der Waals surface area contributed by atoms with E-state index in [9.17, 15) is 22.4 Å². The van der Waals surface area contributed by atoms with Gasteiger partial charge in [0, 0.05) is 22.6 Å². The summed E-state index contributed by atoms with van der Waals surface area (Å²) >= 11 is 12.4. The van der Waals surface area contributed by atoms with E-state index in [1.165, 1.54) is 53.4 Å². The molecule has 3 aromatic carbocycles. The van der Waals surface area contributed by atoms with Crippen LogP contribution in [0.2, 0.25) is 10.0 Å². The molecule has 0 aliphatic rings. The highest BCUT2D eigenvalue weighted by Crippen LogP contribution is 2.28. The molecule has 0 fully saturated rings. The molecule has 0 saturated carbocycles. The zero-order chi connectivity index (χ0) is 28.7. The van der Waals surface area contributed by atoms with Crippen LogP contribution in [0.3, 0.4) is 0 Å². The second-order valence-corrected chi connectivity index (χ2v) is 11.8. The van der Waals surface area contributed by atoms with Crippen molar-refractivity contribution in [1.82, 2.24) is 10.2 Å². The minimum absolute atomic E-state index is 0.102. The van der Waals surface area contributed by atoms with Crippen LogP contribution < -0.4 is 9.62 Å². The molecule has 3 rings (SSSR count). The molecule has 0 heterocycles. The van der Waals surface area contributed by atoms with Crippen molar-refractivity contribution in [3.05, 3.63) is 94.2 Å². The lowest BCUT2D eigenvalue weighted by molar-refractivity contribution is -0.140. The molecule has 208 valence electrons. The lowest BCUT2D eigenvalue weighted by atomic mass is 10.1. The average Bonchev–Trinajstić information content (AvgIpc) is 2.88. The predicted molar refractivity (Wildman–Crippen MR) is 152 cm³/mol. The second kappa shape index (κ2) is 13.3. The second-order valence-electron chi connectivity index (χ2n) is 9.12. The summed E-state index contributed by atoms with van der Waals surface area (Å²) in [5.41, 5.74) is 0.215. The molecular formula is C28H30Cl2FN3O4S. The summed E-state index contributed by atoms with van der Waals surface area (Å²) in [6.45, 7) is 4.46. The summed E-state index contributed by atoms with van der Waals surface area (Å²) in [6.07, 6.45) is 0.237. The number of nitrogens with one attached hydrogen (secondary N) is 1. The van der Waals surface area contributed by atoms with Gasteiger partial charge in [0.2, 0.25) is 11.8 Å². The molecule has 0 saturated heterocycles. The molecule has 1 atom stereocenters. The summed E-state index contributed by atoms with van der Waals surface area (Å²) in [4.78, 5) is 28.2. The lowest BCUT2D eigenvalue weighted by Gasteiger charge is -2.33. The number of anilines is 1.